The highest BCUT2D eigenvalue weighted by molar-refractivity contribution is 7.00. The van der Waals surface area contributed by atoms with Gasteiger partial charge in [0.25, 0.3) is 16.6 Å². The lowest BCUT2D eigenvalue weighted by Crippen LogP contribution is -2.68. The van der Waals surface area contributed by atoms with E-state index in [2.05, 4.69) is 152 Å². The van der Waals surface area contributed by atoms with Crippen molar-refractivity contribution in [2.24, 2.45) is 17.3 Å². The number of aliphatic hydroxyl groups is 1. The van der Waals surface area contributed by atoms with Gasteiger partial charge in [0.05, 0.1) is 25.2 Å². The van der Waals surface area contributed by atoms with E-state index in [9.17, 15) is 9.90 Å². The van der Waals surface area contributed by atoms with Crippen molar-refractivity contribution in [3.05, 3.63) is 121 Å². The van der Waals surface area contributed by atoms with E-state index >= 15 is 0 Å². The molecule has 4 aromatic carbocycles. The Morgan fingerprint density at radius 3 is 1.11 bits per heavy atom. The molecule has 13 heteroatoms. The molecule has 0 saturated carbocycles. The van der Waals surface area contributed by atoms with Crippen LogP contribution in [0.2, 0.25) is 10.1 Å². The lowest BCUT2D eigenvalue weighted by Gasteiger charge is -2.45. The van der Waals surface area contributed by atoms with Crippen molar-refractivity contribution in [2.75, 3.05) is 26.4 Å². The molecule has 4 aliphatic heterocycles. The average Bonchev–Trinajstić information content (AvgIpc) is 3.95. The van der Waals surface area contributed by atoms with Crippen LogP contribution in [0, 0.1) is 17.3 Å². The number of fused-ring (bicyclic) bond motifs is 2. The van der Waals surface area contributed by atoms with Crippen LogP contribution in [0.5, 0.6) is 0 Å². The Morgan fingerprint density at radius 2 is 0.814 bits per heavy atom. The lowest BCUT2D eigenvalue weighted by atomic mass is 9.88. The van der Waals surface area contributed by atoms with Crippen molar-refractivity contribution in [1.82, 2.24) is 0 Å². The quantitative estimate of drug-likeness (QED) is 0.103. The SMILES string of the molecule is C[C@H]1[C@H]2OC(C)(C)O[C@H]2O[C@]1(CO)CO[Si](c1ccccc1)(c1ccccc1)C(C)(C)C.C[C@H]1[C@H]2OC(C)(C)O[C@H]2O[C@]1(COC(=O)C(C)(C)C)CO[Si](c1ccccc1)(c1ccccc1)C(C)(C)C. The van der Waals surface area contributed by atoms with Gasteiger partial charge >= 0.3 is 5.97 Å². The third-order valence-corrected chi connectivity index (χ3v) is 24.7. The Morgan fingerprint density at radius 1 is 0.500 bits per heavy atom. The topological polar surface area (TPSA) is 120 Å². The number of benzene rings is 4. The molecule has 8 atom stereocenters. The van der Waals surface area contributed by atoms with Crippen LogP contribution in [0.15, 0.2) is 121 Å². The second kappa shape index (κ2) is 20.0. The molecular formula is C57H80O11Si2. The Hall–Kier alpha value is -3.58. The van der Waals surface area contributed by atoms with E-state index in [0.717, 1.165) is 0 Å². The van der Waals surface area contributed by atoms with Crippen LogP contribution in [0.3, 0.4) is 0 Å². The largest absolute Gasteiger partial charge is 0.462 e. The number of carbonyl (C=O) groups is 1. The summed E-state index contributed by atoms with van der Waals surface area (Å²) in [5.41, 5.74) is -2.45. The molecular weight excluding hydrogens is 917 g/mol. The molecule has 0 aromatic heterocycles. The highest BCUT2D eigenvalue weighted by atomic mass is 28.4. The van der Waals surface area contributed by atoms with Gasteiger partial charge in [-0.25, -0.2) is 0 Å². The molecule has 70 heavy (non-hydrogen) atoms. The fourth-order valence-corrected chi connectivity index (χ4v) is 20.0. The molecule has 8 rings (SSSR count). The van der Waals surface area contributed by atoms with Gasteiger partial charge in [0, 0.05) is 11.8 Å². The molecule has 382 valence electrons. The Bertz CT molecular complexity index is 2270. The summed E-state index contributed by atoms with van der Waals surface area (Å²) in [6, 6.07) is 42.0. The zero-order valence-electron chi connectivity index (χ0n) is 44.4. The van der Waals surface area contributed by atoms with Crippen LogP contribution in [-0.2, 0) is 46.8 Å². The van der Waals surface area contributed by atoms with Gasteiger partial charge in [-0.15, -0.1) is 0 Å². The highest BCUT2D eigenvalue weighted by Crippen LogP contribution is 2.49. The van der Waals surface area contributed by atoms with E-state index in [1.807, 2.05) is 72.7 Å². The number of ether oxygens (including phenoxy) is 7. The summed E-state index contributed by atoms with van der Waals surface area (Å²) in [5.74, 6) is -1.93. The number of hydrogen-bond acceptors (Lipinski definition) is 11. The molecule has 1 N–H and O–H groups in total. The highest BCUT2D eigenvalue weighted by Gasteiger charge is 2.64. The molecule has 0 amide bonds. The first-order chi connectivity index (χ1) is 32.7. The van der Waals surface area contributed by atoms with Crippen molar-refractivity contribution in [3.63, 3.8) is 0 Å². The summed E-state index contributed by atoms with van der Waals surface area (Å²) < 4.78 is 57.7. The summed E-state index contributed by atoms with van der Waals surface area (Å²) in [4.78, 5) is 12.9. The van der Waals surface area contributed by atoms with Gasteiger partial charge in [0.1, 0.15) is 30.0 Å². The predicted octanol–water partition coefficient (Wildman–Crippen LogP) is 8.47. The third kappa shape index (κ3) is 10.5. The number of aliphatic hydroxyl groups excluding tert-OH is 1. The van der Waals surface area contributed by atoms with Crippen LogP contribution >= 0.6 is 0 Å². The van der Waals surface area contributed by atoms with Gasteiger partial charge in [-0.3, -0.25) is 4.79 Å². The zero-order valence-corrected chi connectivity index (χ0v) is 46.4. The molecule has 0 radical (unpaired) electrons. The van der Waals surface area contributed by atoms with Crippen LogP contribution in [-0.4, -0.2) is 102 Å². The summed E-state index contributed by atoms with van der Waals surface area (Å²) in [6.07, 6.45) is -1.59. The van der Waals surface area contributed by atoms with Gasteiger partial charge in [-0.1, -0.05) is 177 Å². The Kier molecular flexibility index (Phi) is 15.5. The first kappa shape index (κ1) is 54.2. The van der Waals surface area contributed by atoms with E-state index in [1.54, 1.807) is 0 Å². The fraction of sp³-hybridized carbons (Fsp3) is 0.561. The summed E-state index contributed by atoms with van der Waals surface area (Å²) >= 11 is 0. The minimum Gasteiger partial charge on any atom is -0.462 e. The number of esters is 1. The molecule has 0 unspecified atom stereocenters. The van der Waals surface area contributed by atoms with Gasteiger partial charge in [0.2, 0.25) is 0 Å². The molecule has 4 saturated heterocycles. The second-order valence-corrected chi connectivity index (χ2v) is 32.4. The van der Waals surface area contributed by atoms with Crippen molar-refractivity contribution in [1.29, 1.82) is 0 Å². The van der Waals surface area contributed by atoms with Crippen LogP contribution < -0.4 is 20.7 Å². The van der Waals surface area contributed by atoms with Crippen LogP contribution in [0.25, 0.3) is 0 Å². The maximum Gasteiger partial charge on any atom is 0.311 e. The maximum absolute atomic E-state index is 12.9. The minimum atomic E-state index is -2.85. The second-order valence-electron chi connectivity index (χ2n) is 23.8. The smallest absolute Gasteiger partial charge is 0.311 e. The molecule has 0 spiro atoms. The molecule has 0 aliphatic carbocycles. The minimum absolute atomic E-state index is 0.0582. The van der Waals surface area contributed by atoms with Crippen molar-refractivity contribution in [2.45, 2.75) is 161 Å². The first-order valence-corrected chi connectivity index (χ1v) is 28.8. The summed E-state index contributed by atoms with van der Waals surface area (Å²) in [6.45, 7) is 31.1. The van der Waals surface area contributed by atoms with Gasteiger partial charge in [0.15, 0.2) is 24.2 Å². The average molecular weight is 997 g/mol. The molecule has 0 bridgehead atoms. The number of hydrogen-bond donors (Lipinski definition) is 1. The zero-order chi connectivity index (χ0) is 51.2. The third-order valence-electron chi connectivity index (χ3n) is 14.8. The van der Waals surface area contributed by atoms with E-state index in [4.69, 9.17) is 42.0 Å². The Labute approximate surface area is 420 Å². The summed E-state index contributed by atoms with van der Waals surface area (Å²) in [5, 5.41) is 14.9. The van der Waals surface area contributed by atoms with Gasteiger partial charge in [-0.05, 0) is 79.3 Å². The lowest BCUT2D eigenvalue weighted by molar-refractivity contribution is -0.246. The maximum atomic E-state index is 12.9. The molecule has 4 aromatic rings. The fourth-order valence-electron chi connectivity index (χ4n) is 10.8. The number of rotatable bonds is 13. The van der Waals surface area contributed by atoms with E-state index in [1.165, 1.54) is 20.7 Å². The molecule has 4 heterocycles. The monoisotopic (exact) mass is 997 g/mol. The van der Waals surface area contributed by atoms with E-state index < -0.39 is 57.4 Å². The van der Waals surface area contributed by atoms with E-state index in [-0.39, 0.29) is 66.5 Å². The molecule has 11 nitrogen and oxygen atoms in total. The van der Waals surface area contributed by atoms with E-state index in [0.29, 0.717) is 0 Å². The molecule has 4 aliphatic rings. The normalized spacial score (nSPS) is 28.4. The Balaban J connectivity index is 0.000000209. The van der Waals surface area contributed by atoms with Crippen molar-refractivity contribution in [3.8, 4) is 0 Å². The summed E-state index contributed by atoms with van der Waals surface area (Å²) in [7, 11) is -5.60. The predicted molar refractivity (Wildman–Crippen MR) is 278 cm³/mol. The van der Waals surface area contributed by atoms with Crippen molar-refractivity contribution >= 4 is 43.4 Å². The standard InChI is InChI=1S/C31H44O6Si.C26H36O5Si/c1-22-25-26(36-30(8,9)35-25)37-31(22,20-33-27(32)28(2,3)4)21-34-38(29(5,6)7,23-16-12-10-13-17-23)24-18-14-11-15-19-24;1-19-22-23(30-25(5,6)29-22)31-26(19,17-27)18-28-32(24(2,3)4,20-13-9-7-10-14-20)21-15-11-8-12-16-21/h10-19,22,25-26H,20-21H2,1-9H3;7-16,19,22-23,27H,17-18H2,1-6H3/t22-,25+,26-,31+;19-,22+,23-,26+/m00/s1. The molecule has 4 fully saturated rings. The van der Waals surface area contributed by atoms with Crippen LogP contribution in [0.4, 0.5) is 0 Å². The first-order valence-electron chi connectivity index (χ1n) is 25.0. The van der Waals surface area contributed by atoms with Gasteiger partial charge < -0.3 is 47.1 Å². The van der Waals surface area contributed by atoms with Crippen molar-refractivity contribution < 1.29 is 51.9 Å². The number of carbonyl (C=O) groups excluding carboxylic acids is 1. The van der Waals surface area contributed by atoms with Gasteiger partial charge in [-0.2, -0.15) is 0 Å². The van der Waals surface area contributed by atoms with Crippen LogP contribution in [0.1, 0.15) is 104 Å².